The molecule has 0 bridgehead atoms. The Morgan fingerprint density at radius 1 is 1.23 bits per heavy atom. The second-order valence-corrected chi connectivity index (χ2v) is 6.96. The number of hydrogen-bond donors (Lipinski definition) is 1. The minimum absolute atomic E-state index is 0.326. The average Bonchev–Trinajstić information content (AvgIpc) is 3.05. The number of esters is 1. The van der Waals surface area contributed by atoms with E-state index in [9.17, 15) is 9.59 Å². The number of nitrogens with zero attached hydrogens (tertiary/aromatic N) is 1. The Morgan fingerprint density at radius 2 is 1.96 bits per heavy atom. The van der Waals surface area contributed by atoms with Crippen molar-refractivity contribution in [1.82, 2.24) is 0 Å². The second-order valence-electron chi connectivity index (χ2n) is 5.82. The average molecular weight is 370 g/mol. The van der Waals surface area contributed by atoms with E-state index in [1.807, 2.05) is 6.07 Å². The molecular formula is C20H22N2O3S. The van der Waals surface area contributed by atoms with Gasteiger partial charge in [-0.15, -0.1) is 11.3 Å². The maximum absolute atomic E-state index is 12.2. The van der Waals surface area contributed by atoms with Crippen molar-refractivity contribution in [3.05, 3.63) is 51.2 Å². The predicted octanol–water partition coefficient (Wildman–Crippen LogP) is 4.12. The topological polar surface area (TPSA) is 79.2 Å². The van der Waals surface area contributed by atoms with Gasteiger partial charge in [-0.2, -0.15) is 5.26 Å². The summed E-state index contributed by atoms with van der Waals surface area (Å²) in [7, 11) is 0. The molecule has 136 valence electrons. The lowest BCUT2D eigenvalue weighted by molar-refractivity contribution is -0.119. The van der Waals surface area contributed by atoms with E-state index < -0.39 is 11.9 Å². The summed E-state index contributed by atoms with van der Waals surface area (Å²) >= 11 is 1.45. The van der Waals surface area contributed by atoms with E-state index in [1.54, 1.807) is 24.3 Å². The van der Waals surface area contributed by atoms with E-state index in [4.69, 9.17) is 10.00 Å². The quantitative estimate of drug-likeness (QED) is 0.709. The highest BCUT2D eigenvalue weighted by Gasteiger charge is 2.16. The Kier molecular flexibility index (Phi) is 7.37. The predicted molar refractivity (Wildman–Crippen MR) is 102 cm³/mol. The van der Waals surface area contributed by atoms with E-state index in [1.165, 1.54) is 21.8 Å². The lowest BCUT2D eigenvalue weighted by Gasteiger charge is -2.06. The Labute approximate surface area is 157 Å². The second kappa shape index (κ2) is 9.73. The zero-order valence-corrected chi connectivity index (χ0v) is 15.8. The van der Waals surface area contributed by atoms with Crippen LogP contribution in [0.1, 0.15) is 45.9 Å². The molecule has 1 N–H and O–H groups in total. The summed E-state index contributed by atoms with van der Waals surface area (Å²) in [4.78, 5) is 25.9. The Bertz CT molecular complexity index is 803. The molecule has 0 aliphatic carbocycles. The highest BCUT2D eigenvalue weighted by atomic mass is 32.1. The van der Waals surface area contributed by atoms with Gasteiger partial charge in [-0.1, -0.05) is 32.4 Å². The van der Waals surface area contributed by atoms with Crippen molar-refractivity contribution in [2.24, 2.45) is 0 Å². The van der Waals surface area contributed by atoms with E-state index in [0.717, 1.165) is 24.8 Å². The van der Waals surface area contributed by atoms with Crippen LogP contribution in [0, 0.1) is 11.3 Å². The fraction of sp³-hybridized carbons (Fsp3) is 0.350. The highest BCUT2D eigenvalue weighted by molar-refractivity contribution is 7.14. The molecule has 0 saturated heterocycles. The smallest absolute Gasteiger partial charge is 0.348 e. The van der Waals surface area contributed by atoms with Crippen molar-refractivity contribution in [2.75, 3.05) is 11.9 Å². The standard InChI is InChI=1S/C20H22N2O3S/c1-3-5-17-15(4-2)12-18(26-17)20(24)25-13-19(23)22-16-8-6-14(7-9-16)10-11-21/h6-9,12H,3-5,10,13H2,1-2H3,(H,22,23). The summed E-state index contributed by atoms with van der Waals surface area (Å²) in [6, 6.07) is 10.9. The van der Waals surface area contributed by atoms with Gasteiger partial charge < -0.3 is 10.1 Å². The molecule has 0 radical (unpaired) electrons. The fourth-order valence-electron chi connectivity index (χ4n) is 2.50. The first-order valence-corrected chi connectivity index (χ1v) is 9.43. The first-order valence-electron chi connectivity index (χ1n) is 8.61. The zero-order chi connectivity index (χ0) is 18.9. The molecular weight excluding hydrogens is 348 g/mol. The van der Waals surface area contributed by atoms with Crippen LogP contribution in [0.15, 0.2) is 30.3 Å². The van der Waals surface area contributed by atoms with Gasteiger partial charge in [-0.3, -0.25) is 4.79 Å². The van der Waals surface area contributed by atoms with Crippen molar-refractivity contribution in [1.29, 1.82) is 5.26 Å². The summed E-state index contributed by atoms with van der Waals surface area (Å²) in [6.45, 7) is 3.83. The largest absolute Gasteiger partial charge is 0.451 e. The van der Waals surface area contributed by atoms with Crippen LogP contribution in [0.3, 0.4) is 0 Å². The number of carbonyl (C=O) groups is 2. The van der Waals surface area contributed by atoms with E-state index in [2.05, 4.69) is 25.2 Å². The number of nitrogens with one attached hydrogen (secondary N) is 1. The van der Waals surface area contributed by atoms with Crippen molar-refractivity contribution >= 4 is 28.9 Å². The molecule has 6 heteroatoms. The van der Waals surface area contributed by atoms with E-state index in [0.29, 0.717) is 17.0 Å². The number of carbonyl (C=O) groups excluding carboxylic acids is 2. The van der Waals surface area contributed by atoms with Gasteiger partial charge in [-0.05, 0) is 42.2 Å². The van der Waals surface area contributed by atoms with Gasteiger partial charge in [0, 0.05) is 10.6 Å². The molecule has 5 nitrogen and oxygen atoms in total. The zero-order valence-electron chi connectivity index (χ0n) is 15.0. The van der Waals surface area contributed by atoms with E-state index >= 15 is 0 Å². The number of rotatable bonds is 8. The van der Waals surface area contributed by atoms with Gasteiger partial charge in [-0.25, -0.2) is 4.79 Å². The number of thiophene rings is 1. The molecule has 2 aromatic rings. The molecule has 0 saturated carbocycles. The molecule has 1 amide bonds. The molecule has 1 aromatic heterocycles. The van der Waals surface area contributed by atoms with Crippen LogP contribution >= 0.6 is 11.3 Å². The van der Waals surface area contributed by atoms with Crippen molar-refractivity contribution in [2.45, 2.75) is 39.5 Å². The fourth-order valence-corrected chi connectivity index (χ4v) is 3.75. The molecule has 2 rings (SSSR count). The molecule has 0 fully saturated rings. The molecule has 0 aliphatic rings. The Hall–Kier alpha value is -2.65. The number of hydrogen-bond acceptors (Lipinski definition) is 5. The highest BCUT2D eigenvalue weighted by Crippen LogP contribution is 2.25. The van der Waals surface area contributed by atoms with Gasteiger partial charge in [0.15, 0.2) is 6.61 Å². The van der Waals surface area contributed by atoms with Crippen LogP contribution in [-0.2, 0) is 28.8 Å². The van der Waals surface area contributed by atoms with Gasteiger partial charge >= 0.3 is 5.97 Å². The summed E-state index contributed by atoms with van der Waals surface area (Å²) in [5, 5.41) is 11.3. The summed E-state index contributed by atoms with van der Waals surface area (Å²) < 4.78 is 5.13. The number of anilines is 1. The molecule has 0 unspecified atom stereocenters. The third-order valence-corrected chi connectivity index (χ3v) is 5.03. The van der Waals surface area contributed by atoms with Crippen LogP contribution in [0.2, 0.25) is 0 Å². The van der Waals surface area contributed by atoms with Crippen molar-refractivity contribution in [3.8, 4) is 6.07 Å². The normalized spacial score (nSPS) is 10.2. The molecule has 1 aromatic carbocycles. The maximum Gasteiger partial charge on any atom is 0.348 e. The Balaban J connectivity index is 1.88. The van der Waals surface area contributed by atoms with Gasteiger partial charge in [0.1, 0.15) is 4.88 Å². The Morgan fingerprint density at radius 3 is 2.58 bits per heavy atom. The number of ether oxygens (including phenoxy) is 1. The molecule has 0 atom stereocenters. The van der Waals surface area contributed by atoms with Crippen LogP contribution in [0.25, 0.3) is 0 Å². The molecule has 0 spiro atoms. The summed E-state index contributed by atoms with van der Waals surface area (Å²) in [5.41, 5.74) is 2.65. The minimum atomic E-state index is -0.466. The number of benzene rings is 1. The summed E-state index contributed by atoms with van der Waals surface area (Å²) in [5.74, 6) is -0.862. The van der Waals surface area contributed by atoms with Crippen LogP contribution < -0.4 is 5.32 Å². The lowest BCUT2D eigenvalue weighted by atomic mass is 10.1. The summed E-state index contributed by atoms with van der Waals surface area (Å²) in [6.07, 6.45) is 3.18. The third kappa shape index (κ3) is 5.43. The first-order chi connectivity index (χ1) is 12.6. The van der Waals surface area contributed by atoms with Gasteiger partial charge in [0.25, 0.3) is 5.91 Å². The van der Waals surface area contributed by atoms with Crippen molar-refractivity contribution in [3.63, 3.8) is 0 Å². The maximum atomic E-state index is 12.2. The SMILES string of the molecule is CCCc1sc(C(=O)OCC(=O)Nc2ccc(CC#N)cc2)cc1CC. The molecule has 26 heavy (non-hydrogen) atoms. The third-order valence-electron chi connectivity index (χ3n) is 3.81. The lowest BCUT2D eigenvalue weighted by Crippen LogP contribution is -2.20. The van der Waals surface area contributed by atoms with Crippen LogP contribution in [-0.4, -0.2) is 18.5 Å². The first kappa shape index (κ1) is 19.7. The van der Waals surface area contributed by atoms with Gasteiger partial charge in [0.2, 0.25) is 0 Å². The minimum Gasteiger partial charge on any atom is -0.451 e. The van der Waals surface area contributed by atoms with Crippen molar-refractivity contribution < 1.29 is 14.3 Å². The molecule has 0 aliphatic heterocycles. The van der Waals surface area contributed by atoms with E-state index in [-0.39, 0.29) is 6.61 Å². The monoisotopic (exact) mass is 370 g/mol. The van der Waals surface area contributed by atoms with Crippen LogP contribution in [0.4, 0.5) is 5.69 Å². The molecule has 1 heterocycles. The van der Waals surface area contributed by atoms with Gasteiger partial charge in [0.05, 0.1) is 12.5 Å². The number of amides is 1. The number of nitriles is 1. The van der Waals surface area contributed by atoms with Crippen LogP contribution in [0.5, 0.6) is 0 Å². The number of aryl methyl sites for hydroxylation is 2.